The molecule has 0 fully saturated rings. The standard InChI is InChI=1S/C14H15N3O4S/c1-2-4-9(12(19)16-7-18)17-13(20)8-5-3-6-10(22-15)11(8)14(17)21/h3,5-7,9H,2,4,15H2,1H3,(H,16,18,19). The summed E-state index contributed by atoms with van der Waals surface area (Å²) < 4.78 is 0. The Balaban J connectivity index is 2.45. The van der Waals surface area contributed by atoms with Crippen molar-refractivity contribution < 1.29 is 19.2 Å². The van der Waals surface area contributed by atoms with Crippen molar-refractivity contribution in [3.05, 3.63) is 29.3 Å². The highest BCUT2D eigenvalue weighted by atomic mass is 32.2. The molecule has 1 unspecified atom stereocenters. The second-order valence-corrected chi connectivity index (χ2v) is 5.38. The molecule has 8 heteroatoms. The van der Waals surface area contributed by atoms with E-state index in [9.17, 15) is 19.2 Å². The maximum Gasteiger partial charge on any atom is 0.263 e. The predicted molar refractivity (Wildman–Crippen MR) is 79.9 cm³/mol. The predicted octanol–water partition coefficient (Wildman–Crippen LogP) is 0.690. The van der Waals surface area contributed by atoms with Gasteiger partial charge in [-0.05, 0) is 30.5 Å². The van der Waals surface area contributed by atoms with Crippen molar-refractivity contribution in [1.29, 1.82) is 0 Å². The van der Waals surface area contributed by atoms with E-state index in [1.165, 1.54) is 6.07 Å². The van der Waals surface area contributed by atoms with Gasteiger partial charge in [-0.15, -0.1) is 0 Å². The van der Waals surface area contributed by atoms with Gasteiger partial charge in [0, 0.05) is 4.90 Å². The molecular formula is C14H15N3O4S. The average molecular weight is 321 g/mol. The van der Waals surface area contributed by atoms with Crippen LogP contribution in [-0.4, -0.2) is 35.1 Å². The lowest BCUT2D eigenvalue weighted by Crippen LogP contribution is -2.49. The second-order valence-electron chi connectivity index (χ2n) is 4.71. The molecule has 0 aliphatic carbocycles. The maximum atomic E-state index is 12.6. The first kappa shape index (κ1) is 16.2. The number of rotatable bonds is 6. The van der Waals surface area contributed by atoms with Gasteiger partial charge in [0.05, 0.1) is 11.1 Å². The molecule has 1 aliphatic rings. The molecule has 22 heavy (non-hydrogen) atoms. The second kappa shape index (κ2) is 6.71. The molecule has 2 rings (SSSR count). The molecule has 0 saturated carbocycles. The van der Waals surface area contributed by atoms with Crippen LogP contribution in [0.3, 0.4) is 0 Å². The van der Waals surface area contributed by atoms with E-state index < -0.39 is 23.8 Å². The molecule has 1 heterocycles. The van der Waals surface area contributed by atoms with Crippen molar-refractivity contribution >= 4 is 36.1 Å². The summed E-state index contributed by atoms with van der Waals surface area (Å²) in [5, 5.41) is 7.54. The van der Waals surface area contributed by atoms with Crippen molar-refractivity contribution in [1.82, 2.24) is 10.2 Å². The molecule has 3 N–H and O–H groups in total. The zero-order valence-corrected chi connectivity index (χ0v) is 12.7. The van der Waals surface area contributed by atoms with Crippen LogP contribution in [0, 0.1) is 0 Å². The number of nitrogens with one attached hydrogen (secondary N) is 1. The first-order valence-corrected chi connectivity index (χ1v) is 7.56. The van der Waals surface area contributed by atoms with Crippen molar-refractivity contribution in [3.8, 4) is 0 Å². The molecular weight excluding hydrogens is 306 g/mol. The van der Waals surface area contributed by atoms with Crippen LogP contribution in [0.5, 0.6) is 0 Å². The van der Waals surface area contributed by atoms with Crippen LogP contribution >= 0.6 is 11.9 Å². The third kappa shape index (κ3) is 2.62. The summed E-state index contributed by atoms with van der Waals surface area (Å²) in [4.78, 5) is 48.9. The van der Waals surface area contributed by atoms with Crippen LogP contribution < -0.4 is 10.5 Å². The summed E-state index contributed by atoms with van der Waals surface area (Å²) >= 11 is 0.869. The van der Waals surface area contributed by atoms with Gasteiger partial charge < -0.3 is 0 Å². The van der Waals surface area contributed by atoms with Crippen LogP contribution in [-0.2, 0) is 9.59 Å². The van der Waals surface area contributed by atoms with Crippen LogP contribution in [0.15, 0.2) is 23.1 Å². The van der Waals surface area contributed by atoms with E-state index >= 15 is 0 Å². The summed E-state index contributed by atoms with van der Waals surface area (Å²) in [6.07, 6.45) is 1.09. The zero-order valence-electron chi connectivity index (χ0n) is 11.9. The number of benzene rings is 1. The van der Waals surface area contributed by atoms with Crippen LogP contribution in [0.25, 0.3) is 0 Å². The van der Waals surface area contributed by atoms with E-state index in [0.29, 0.717) is 11.3 Å². The van der Waals surface area contributed by atoms with Gasteiger partial charge >= 0.3 is 0 Å². The minimum Gasteiger partial charge on any atom is -0.297 e. The van der Waals surface area contributed by atoms with E-state index in [1.807, 2.05) is 12.2 Å². The van der Waals surface area contributed by atoms with Crippen molar-refractivity contribution in [2.24, 2.45) is 5.14 Å². The molecule has 1 aromatic carbocycles. The Labute approximate surface area is 131 Å². The average Bonchev–Trinajstić information content (AvgIpc) is 2.77. The molecule has 7 nitrogen and oxygen atoms in total. The fourth-order valence-electron chi connectivity index (χ4n) is 2.46. The maximum absolute atomic E-state index is 12.6. The van der Waals surface area contributed by atoms with E-state index in [1.54, 1.807) is 12.1 Å². The van der Waals surface area contributed by atoms with E-state index in [4.69, 9.17) is 5.14 Å². The number of hydrogen-bond donors (Lipinski definition) is 2. The summed E-state index contributed by atoms with van der Waals surface area (Å²) in [7, 11) is 0. The molecule has 0 spiro atoms. The highest BCUT2D eigenvalue weighted by molar-refractivity contribution is 7.97. The topological polar surface area (TPSA) is 110 Å². The molecule has 0 aromatic heterocycles. The Hall–Kier alpha value is -2.19. The highest BCUT2D eigenvalue weighted by Crippen LogP contribution is 2.32. The first-order chi connectivity index (χ1) is 10.6. The Kier molecular flexibility index (Phi) is 4.94. The summed E-state index contributed by atoms with van der Waals surface area (Å²) in [6, 6.07) is 3.77. The lowest BCUT2D eigenvalue weighted by atomic mass is 10.1. The largest absolute Gasteiger partial charge is 0.297 e. The number of amides is 4. The normalized spacial score (nSPS) is 14.7. The highest BCUT2D eigenvalue weighted by Gasteiger charge is 2.43. The molecule has 1 aliphatic heterocycles. The number of nitrogens with two attached hydrogens (primary N) is 1. The number of hydrogen-bond acceptors (Lipinski definition) is 6. The van der Waals surface area contributed by atoms with Gasteiger partial charge in [-0.1, -0.05) is 19.4 Å². The van der Waals surface area contributed by atoms with E-state index in [-0.39, 0.29) is 24.0 Å². The third-order valence-electron chi connectivity index (χ3n) is 3.41. The number of fused-ring (bicyclic) bond motifs is 1. The van der Waals surface area contributed by atoms with Gasteiger partial charge in [0.25, 0.3) is 11.8 Å². The molecule has 1 aromatic rings. The van der Waals surface area contributed by atoms with Crippen molar-refractivity contribution in [2.75, 3.05) is 0 Å². The Bertz CT molecular complexity index is 647. The van der Waals surface area contributed by atoms with Crippen molar-refractivity contribution in [3.63, 3.8) is 0 Å². The molecule has 0 saturated heterocycles. The van der Waals surface area contributed by atoms with Crippen LogP contribution in [0.4, 0.5) is 0 Å². The molecule has 1 atom stereocenters. The summed E-state index contributed by atoms with van der Waals surface area (Å²) in [6.45, 7) is 1.82. The Morgan fingerprint density at radius 3 is 2.73 bits per heavy atom. The smallest absolute Gasteiger partial charge is 0.263 e. The first-order valence-electron chi connectivity index (χ1n) is 6.68. The number of carbonyl (C=O) groups is 4. The lowest BCUT2D eigenvalue weighted by molar-refractivity contribution is -0.128. The van der Waals surface area contributed by atoms with Crippen LogP contribution in [0.1, 0.15) is 40.5 Å². The third-order valence-corrected chi connectivity index (χ3v) is 4.01. The monoisotopic (exact) mass is 321 g/mol. The molecule has 116 valence electrons. The SMILES string of the molecule is CCCC(C(=O)NC=O)N1C(=O)c2cccc(SN)c2C1=O. The van der Waals surface area contributed by atoms with Gasteiger partial charge in [0.1, 0.15) is 6.04 Å². The molecule has 0 bridgehead atoms. The lowest BCUT2D eigenvalue weighted by Gasteiger charge is -2.24. The van der Waals surface area contributed by atoms with Gasteiger partial charge in [-0.3, -0.25) is 34.5 Å². The zero-order chi connectivity index (χ0) is 16.3. The van der Waals surface area contributed by atoms with Crippen LogP contribution in [0.2, 0.25) is 0 Å². The number of imide groups is 2. The quantitative estimate of drug-likeness (QED) is 0.453. The van der Waals surface area contributed by atoms with Gasteiger partial charge in [0.15, 0.2) is 0 Å². The van der Waals surface area contributed by atoms with Gasteiger partial charge in [-0.2, -0.15) is 0 Å². The fourth-order valence-corrected chi connectivity index (χ4v) is 2.93. The fraction of sp³-hybridized carbons (Fsp3) is 0.286. The minimum absolute atomic E-state index is 0.208. The van der Waals surface area contributed by atoms with Gasteiger partial charge in [0.2, 0.25) is 12.3 Å². The Morgan fingerprint density at radius 2 is 2.14 bits per heavy atom. The van der Waals surface area contributed by atoms with E-state index in [0.717, 1.165) is 16.8 Å². The number of nitrogens with zero attached hydrogens (tertiary/aromatic N) is 1. The Morgan fingerprint density at radius 1 is 1.41 bits per heavy atom. The molecule has 4 amide bonds. The van der Waals surface area contributed by atoms with Crippen molar-refractivity contribution in [2.45, 2.75) is 30.7 Å². The minimum atomic E-state index is -1.02. The van der Waals surface area contributed by atoms with E-state index in [2.05, 4.69) is 0 Å². The summed E-state index contributed by atoms with van der Waals surface area (Å²) in [5.41, 5.74) is 0.431. The van der Waals surface area contributed by atoms with Gasteiger partial charge in [-0.25, -0.2) is 0 Å². The summed E-state index contributed by atoms with van der Waals surface area (Å²) in [5.74, 6) is -1.78. The number of carbonyl (C=O) groups excluding carboxylic acids is 4. The molecule has 0 radical (unpaired) electrons.